The van der Waals surface area contributed by atoms with Crippen LogP contribution < -0.4 is 5.73 Å². The summed E-state index contributed by atoms with van der Waals surface area (Å²) in [4.78, 5) is 21.7. The van der Waals surface area contributed by atoms with Crippen molar-refractivity contribution in [2.45, 2.75) is 58.0 Å². The number of rotatable bonds is 1. The third-order valence-corrected chi connectivity index (χ3v) is 3.59. The third-order valence-electron chi connectivity index (χ3n) is 3.24. The van der Waals surface area contributed by atoms with Gasteiger partial charge in [0.05, 0.1) is 0 Å². The molecule has 1 amide bonds. The maximum absolute atomic E-state index is 11.7. The van der Waals surface area contributed by atoms with E-state index in [0.29, 0.717) is 5.78 Å². The Morgan fingerprint density at radius 2 is 1.91 bits per heavy atom. The highest BCUT2D eigenvalue weighted by molar-refractivity contribution is 6.31. The van der Waals surface area contributed by atoms with E-state index in [1.54, 1.807) is 20.8 Å². The predicted molar refractivity (Wildman–Crippen MR) is 88.1 cm³/mol. The Labute approximate surface area is 137 Å². The van der Waals surface area contributed by atoms with Crippen molar-refractivity contribution in [1.82, 2.24) is 0 Å². The second-order valence-electron chi connectivity index (χ2n) is 6.32. The van der Waals surface area contributed by atoms with Crippen LogP contribution in [0, 0.1) is 0 Å². The van der Waals surface area contributed by atoms with E-state index in [0.717, 1.165) is 36.3 Å². The largest absolute Gasteiger partial charge is 0.444 e. The number of hydrogen-bond acceptors (Lipinski definition) is 3. The van der Waals surface area contributed by atoms with Crippen LogP contribution in [-0.2, 0) is 9.53 Å². The van der Waals surface area contributed by atoms with Gasteiger partial charge in [0, 0.05) is 17.4 Å². The summed E-state index contributed by atoms with van der Waals surface area (Å²) in [5.41, 5.74) is 5.28. The molecule has 0 saturated heterocycles. The Balaban J connectivity index is 0.000000261. The van der Waals surface area contributed by atoms with E-state index in [4.69, 9.17) is 17.3 Å². The van der Waals surface area contributed by atoms with Crippen LogP contribution in [0.2, 0.25) is 5.02 Å². The standard InChI is InChI=1S/C12H13ClO.C5H11NO2/c13-11-7-3-1-5-9(11)10-6-2-4-8-12(10)14;1-5(2,3)8-4(6)7/h1,3,5,7,10H,2,4,6,8H2;1-3H3,(H2,6,7). The van der Waals surface area contributed by atoms with Crippen molar-refractivity contribution in [3.8, 4) is 0 Å². The zero-order valence-corrected chi connectivity index (χ0v) is 14.2. The van der Waals surface area contributed by atoms with Gasteiger partial charge in [-0.05, 0) is 45.2 Å². The summed E-state index contributed by atoms with van der Waals surface area (Å²) in [6.07, 6.45) is 3.14. The Kier molecular flexibility index (Phi) is 6.88. The summed E-state index contributed by atoms with van der Waals surface area (Å²) >= 11 is 6.07. The minimum absolute atomic E-state index is 0.0532. The molecule has 0 spiro atoms. The number of primary amides is 1. The lowest BCUT2D eigenvalue weighted by Crippen LogP contribution is -2.27. The molecule has 1 aromatic rings. The highest BCUT2D eigenvalue weighted by Crippen LogP contribution is 2.33. The normalized spacial score (nSPS) is 18.2. The molecule has 1 aromatic carbocycles. The maximum Gasteiger partial charge on any atom is 0.405 e. The third kappa shape index (κ3) is 6.48. The Hall–Kier alpha value is -1.55. The SMILES string of the molecule is CC(C)(C)OC(N)=O.O=C1CCCCC1c1ccccc1Cl. The molecule has 122 valence electrons. The van der Waals surface area contributed by atoms with Gasteiger partial charge in [-0.25, -0.2) is 4.79 Å². The van der Waals surface area contributed by atoms with Gasteiger partial charge in [-0.3, -0.25) is 4.79 Å². The van der Waals surface area contributed by atoms with Crippen LogP contribution in [0.5, 0.6) is 0 Å². The first kappa shape index (κ1) is 18.5. The molecule has 22 heavy (non-hydrogen) atoms. The van der Waals surface area contributed by atoms with Gasteiger partial charge in [0.25, 0.3) is 0 Å². The van der Waals surface area contributed by atoms with Crippen LogP contribution in [0.25, 0.3) is 0 Å². The summed E-state index contributed by atoms with van der Waals surface area (Å²) in [6.45, 7) is 5.28. The Morgan fingerprint density at radius 3 is 2.36 bits per heavy atom. The van der Waals surface area contributed by atoms with Gasteiger partial charge < -0.3 is 10.5 Å². The minimum atomic E-state index is -0.725. The van der Waals surface area contributed by atoms with Crippen LogP contribution in [0.15, 0.2) is 24.3 Å². The topological polar surface area (TPSA) is 69.4 Å². The summed E-state index contributed by atoms with van der Waals surface area (Å²) in [6, 6.07) is 7.68. The number of amides is 1. The van der Waals surface area contributed by atoms with E-state index in [1.807, 2.05) is 24.3 Å². The van der Waals surface area contributed by atoms with Crippen LogP contribution in [0.4, 0.5) is 4.79 Å². The molecule has 0 heterocycles. The molecule has 0 radical (unpaired) electrons. The Bertz CT molecular complexity index is 523. The van der Waals surface area contributed by atoms with Gasteiger partial charge in [0.15, 0.2) is 0 Å². The summed E-state index contributed by atoms with van der Waals surface area (Å²) in [5, 5.41) is 0.729. The first-order valence-corrected chi connectivity index (χ1v) is 7.84. The Morgan fingerprint density at radius 1 is 1.27 bits per heavy atom. The maximum atomic E-state index is 11.7. The van der Waals surface area contributed by atoms with Crippen LogP contribution >= 0.6 is 11.6 Å². The van der Waals surface area contributed by atoms with Crippen molar-refractivity contribution < 1.29 is 14.3 Å². The lowest BCUT2D eigenvalue weighted by Gasteiger charge is -2.21. The molecule has 1 aliphatic carbocycles. The van der Waals surface area contributed by atoms with Crippen molar-refractivity contribution in [2.24, 2.45) is 5.73 Å². The molecule has 1 aliphatic rings. The predicted octanol–water partition coefficient (Wildman–Crippen LogP) is 4.45. The van der Waals surface area contributed by atoms with E-state index >= 15 is 0 Å². The van der Waals surface area contributed by atoms with Crippen molar-refractivity contribution in [1.29, 1.82) is 0 Å². The van der Waals surface area contributed by atoms with Gasteiger partial charge in [-0.2, -0.15) is 0 Å². The fourth-order valence-electron chi connectivity index (χ4n) is 2.37. The molecule has 0 aromatic heterocycles. The smallest absolute Gasteiger partial charge is 0.405 e. The molecule has 2 N–H and O–H groups in total. The number of carbonyl (C=O) groups is 2. The number of ether oxygens (including phenoxy) is 1. The van der Waals surface area contributed by atoms with E-state index in [-0.39, 0.29) is 5.92 Å². The number of benzene rings is 1. The molecular formula is C17H24ClNO3. The van der Waals surface area contributed by atoms with Crippen molar-refractivity contribution >= 4 is 23.5 Å². The van der Waals surface area contributed by atoms with Crippen molar-refractivity contribution in [3.05, 3.63) is 34.9 Å². The molecule has 1 fully saturated rings. The zero-order chi connectivity index (χ0) is 16.8. The van der Waals surface area contributed by atoms with Gasteiger partial charge in [0.2, 0.25) is 0 Å². The van der Waals surface area contributed by atoms with E-state index in [2.05, 4.69) is 4.74 Å². The first-order valence-electron chi connectivity index (χ1n) is 7.46. The van der Waals surface area contributed by atoms with E-state index in [1.165, 1.54) is 0 Å². The monoisotopic (exact) mass is 325 g/mol. The highest BCUT2D eigenvalue weighted by Gasteiger charge is 2.25. The molecule has 1 unspecified atom stereocenters. The van der Waals surface area contributed by atoms with Crippen molar-refractivity contribution in [3.63, 3.8) is 0 Å². The van der Waals surface area contributed by atoms with Gasteiger partial charge >= 0.3 is 6.09 Å². The summed E-state index contributed by atoms with van der Waals surface area (Å²) < 4.78 is 4.58. The lowest BCUT2D eigenvalue weighted by atomic mass is 9.83. The number of ketones is 1. The fraction of sp³-hybridized carbons (Fsp3) is 0.529. The second-order valence-corrected chi connectivity index (χ2v) is 6.73. The number of carbonyl (C=O) groups excluding carboxylic acids is 2. The zero-order valence-electron chi connectivity index (χ0n) is 13.4. The van der Waals surface area contributed by atoms with Gasteiger partial charge in [-0.15, -0.1) is 0 Å². The van der Waals surface area contributed by atoms with Crippen LogP contribution in [0.1, 0.15) is 57.9 Å². The lowest BCUT2D eigenvalue weighted by molar-refractivity contribution is -0.121. The number of nitrogens with two attached hydrogens (primary N) is 1. The molecule has 0 bridgehead atoms. The van der Waals surface area contributed by atoms with Crippen molar-refractivity contribution in [2.75, 3.05) is 0 Å². The fourth-order valence-corrected chi connectivity index (χ4v) is 2.64. The molecule has 2 rings (SSSR count). The minimum Gasteiger partial charge on any atom is -0.444 e. The summed E-state index contributed by atoms with van der Waals surface area (Å²) in [7, 11) is 0. The second kappa shape index (κ2) is 8.18. The average molecular weight is 326 g/mol. The number of hydrogen-bond donors (Lipinski definition) is 1. The number of Topliss-reactive ketones (excluding diaryl/α,β-unsaturated/α-hetero) is 1. The molecular weight excluding hydrogens is 302 g/mol. The summed E-state index contributed by atoms with van der Waals surface area (Å²) in [5.74, 6) is 0.404. The molecule has 5 heteroatoms. The highest BCUT2D eigenvalue weighted by atomic mass is 35.5. The van der Waals surface area contributed by atoms with E-state index in [9.17, 15) is 9.59 Å². The van der Waals surface area contributed by atoms with E-state index < -0.39 is 11.7 Å². The first-order chi connectivity index (χ1) is 10.2. The van der Waals surface area contributed by atoms with Crippen LogP contribution in [-0.4, -0.2) is 17.5 Å². The molecule has 1 saturated carbocycles. The van der Waals surface area contributed by atoms with Crippen LogP contribution in [0.3, 0.4) is 0 Å². The van der Waals surface area contributed by atoms with Gasteiger partial charge in [0.1, 0.15) is 11.4 Å². The average Bonchev–Trinajstić information content (AvgIpc) is 2.38. The molecule has 0 aliphatic heterocycles. The van der Waals surface area contributed by atoms with Gasteiger partial charge in [-0.1, -0.05) is 36.2 Å². The molecule has 1 atom stereocenters. The number of halogens is 1. The quantitative estimate of drug-likeness (QED) is 0.829. The molecule has 4 nitrogen and oxygen atoms in total.